The van der Waals surface area contributed by atoms with Gasteiger partial charge in [-0.1, -0.05) is 80.6 Å². The van der Waals surface area contributed by atoms with Crippen molar-refractivity contribution in [2.75, 3.05) is 0 Å². The summed E-state index contributed by atoms with van der Waals surface area (Å²) >= 11 is 0. The molecule has 0 aliphatic carbocycles. The average molecular weight is 294 g/mol. The van der Waals surface area contributed by atoms with Crippen LogP contribution < -0.4 is 0 Å². The summed E-state index contributed by atoms with van der Waals surface area (Å²) in [5, 5.41) is 11.1. The molecule has 0 unspecified atom stereocenters. The third-order valence-electron chi connectivity index (χ3n) is 5.16. The maximum absolute atomic E-state index is 2.32. The normalized spacial score (nSPS) is 12.3. The first kappa shape index (κ1) is 12.9. The van der Waals surface area contributed by atoms with Crippen LogP contribution in [0.25, 0.3) is 43.1 Å². The topological polar surface area (TPSA) is 0 Å². The summed E-state index contributed by atoms with van der Waals surface area (Å²) in [6.07, 6.45) is 0. The van der Waals surface area contributed by atoms with E-state index in [0.717, 1.165) is 0 Å². The fourth-order valence-corrected chi connectivity index (χ4v) is 4.16. The van der Waals surface area contributed by atoms with Crippen LogP contribution in [0.1, 0.15) is 25.3 Å². The molecule has 0 saturated carbocycles. The van der Waals surface area contributed by atoms with Crippen molar-refractivity contribution in [3.05, 3.63) is 72.3 Å². The predicted octanol–water partition coefficient (Wildman–Crippen LogP) is 6.86. The molecule has 0 nitrogen and oxygen atoms in total. The summed E-state index contributed by atoms with van der Waals surface area (Å²) in [6.45, 7) is 4.59. The van der Waals surface area contributed by atoms with Gasteiger partial charge in [0.2, 0.25) is 0 Å². The standard InChI is InChI=1S/C23H18/c1-14(2)17-13-12-16-8-4-10-19-18-9-3-6-15-7-5-11-20(21(15)18)23(17)22(16)19/h3-14H,1-2H3. The Kier molecular flexibility index (Phi) is 2.50. The molecule has 0 radical (unpaired) electrons. The Morgan fingerprint density at radius 3 is 1.74 bits per heavy atom. The highest BCUT2D eigenvalue weighted by atomic mass is 14.2. The second-order valence-corrected chi connectivity index (χ2v) is 6.80. The van der Waals surface area contributed by atoms with E-state index in [0.29, 0.717) is 5.92 Å². The van der Waals surface area contributed by atoms with Crippen LogP contribution in [-0.2, 0) is 0 Å². The largest absolute Gasteiger partial charge is 0.0610 e. The molecule has 0 spiro atoms. The highest BCUT2D eigenvalue weighted by molar-refractivity contribution is 6.33. The minimum absolute atomic E-state index is 0.517. The van der Waals surface area contributed by atoms with Crippen LogP contribution in [0.15, 0.2) is 66.7 Å². The Morgan fingerprint density at radius 2 is 1.09 bits per heavy atom. The zero-order valence-corrected chi connectivity index (χ0v) is 13.4. The van der Waals surface area contributed by atoms with E-state index in [-0.39, 0.29) is 0 Å². The fraction of sp³-hybridized carbons (Fsp3) is 0.130. The molecular formula is C23H18. The maximum atomic E-state index is 2.32. The summed E-state index contributed by atoms with van der Waals surface area (Å²) in [5.74, 6) is 0.517. The van der Waals surface area contributed by atoms with E-state index in [4.69, 9.17) is 0 Å². The van der Waals surface area contributed by atoms with Crippen molar-refractivity contribution in [3.8, 4) is 0 Å². The molecule has 5 aromatic rings. The van der Waals surface area contributed by atoms with Crippen molar-refractivity contribution < 1.29 is 0 Å². The smallest absolute Gasteiger partial charge is 0.00235 e. The molecule has 0 N–H and O–H groups in total. The summed E-state index contributed by atoms with van der Waals surface area (Å²) in [4.78, 5) is 0. The van der Waals surface area contributed by atoms with Crippen LogP contribution in [-0.4, -0.2) is 0 Å². The highest BCUT2D eigenvalue weighted by Gasteiger charge is 2.16. The first-order valence-electron chi connectivity index (χ1n) is 8.34. The van der Waals surface area contributed by atoms with Crippen molar-refractivity contribution in [2.45, 2.75) is 19.8 Å². The quantitative estimate of drug-likeness (QED) is 0.234. The first-order chi connectivity index (χ1) is 11.3. The monoisotopic (exact) mass is 294 g/mol. The van der Waals surface area contributed by atoms with Gasteiger partial charge < -0.3 is 0 Å². The van der Waals surface area contributed by atoms with Gasteiger partial charge in [-0.25, -0.2) is 0 Å². The van der Waals surface area contributed by atoms with Crippen LogP contribution in [0.2, 0.25) is 0 Å². The summed E-state index contributed by atoms with van der Waals surface area (Å²) in [6, 6.07) is 24.7. The van der Waals surface area contributed by atoms with Crippen LogP contribution in [0.4, 0.5) is 0 Å². The molecule has 23 heavy (non-hydrogen) atoms. The van der Waals surface area contributed by atoms with E-state index in [1.54, 1.807) is 0 Å². The molecule has 0 aromatic heterocycles. The summed E-state index contributed by atoms with van der Waals surface area (Å²) in [7, 11) is 0. The van der Waals surface area contributed by atoms with Gasteiger partial charge in [-0.2, -0.15) is 0 Å². The lowest BCUT2D eigenvalue weighted by Crippen LogP contribution is -1.93. The van der Waals surface area contributed by atoms with Gasteiger partial charge in [0.25, 0.3) is 0 Å². The second-order valence-electron chi connectivity index (χ2n) is 6.80. The Hall–Kier alpha value is -2.60. The third kappa shape index (κ3) is 1.61. The first-order valence-corrected chi connectivity index (χ1v) is 8.34. The predicted molar refractivity (Wildman–Crippen MR) is 102 cm³/mol. The van der Waals surface area contributed by atoms with Crippen LogP contribution >= 0.6 is 0 Å². The van der Waals surface area contributed by atoms with Gasteiger partial charge in [0.05, 0.1) is 0 Å². The fourth-order valence-electron chi connectivity index (χ4n) is 4.16. The van der Waals surface area contributed by atoms with Crippen molar-refractivity contribution in [3.63, 3.8) is 0 Å². The van der Waals surface area contributed by atoms with E-state index in [1.807, 2.05) is 0 Å². The third-order valence-corrected chi connectivity index (χ3v) is 5.16. The second kappa shape index (κ2) is 4.45. The van der Waals surface area contributed by atoms with Gasteiger partial charge >= 0.3 is 0 Å². The molecule has 0 amide bonds. The summed E-state index contributed by atoms with van der Waals surface area (Å²) < 4.78 is 0. The van der Waals surface area contributed by atoms with E-state index in [1.165, 1.54) is 48.7 Å². The molecule has 0 atom stereocenters. The Labute approximate surface area is 135 Å². The highest BCUT2D eigenvalue weighted by Crippen LogP contribution is 2.42. The molecule has 0 fully saturated rings. The van der Waals surface area contributed by atoms with Gasteiger partial charge in [-0.05, 0) is 54.6 Å². The van der Waals surface area contributed by atoms with Gasteiger partial charge in [0, 0.05) is 0 Å². The lowest BCUT2D eigenvalue weighted by atomic mass is 9.85. The molecule has 5 rings (SSSR count). The Balaban J connectivity index is 2.25. The van der Waals surface area contributed by atoms with Crippen LogP contribution in [0, 0.1) is 0 Å². The maximum Gasteiger partial charge on any atom is -0.00235 e. The van der Waals surface area contributed by atoms with E-state index < -0.39 is 0 Å². The molecule has 0 bridgehead atoms. The zero-order chi connectivity index (χ0) is 15.6. The number of fused-ring (bicyclic) bond motifs is 2. The lowest BCUT2D eigenvalue weighted by Gasteiger charge is -2.18. The van der Waals surface area contributed by atoms with Gasteiger partial charge in [-0.15, -0.1) is 0 Å². The van der Waals surface area contributed by atoms with Crippen molar-refractivity contribution in [1.82, 2.24) is 0 Å². The number of hydrogen-bond acceptors (Lipinski definition) is 0. The number of benzene rings is 5. The van der Waals surface area contributed by atoms with E-state index >= 15 is 0 Å². The minimum Gasteiger partial charge on any atom is -0.0610 e. The van der Waals surface area contributed by atoms with Crippen molar-refractivity contribution in [1.29, 1.82) is 0 Å². The average Bonchev–Trinajstić information content (AvgIpc) is 2.58. The molecule has 0 heterocycles. The number of hydrogen-bond donors (Lipinski definition) is 0. The molecule has 110 valence electrons. The summed E-state index contributed by atoms with van der Waals surface area (Å²) in [5.41, 5.74) is 1.45. The van der Waals surface area contributed by atoms with Crippen molar-refractivity contribution >= 4 is 43.1 Å². The molecular weight excluding hydrogens is 276 g/mol. The minimum atomic E-state index is 0.517. The molecule has 0 aliphatic heterocycles. The van der Waals surface area contributed by atoms with E-state index in [2.05, 4.69) is 80.6 Å². The molecule has 0 saturated heterocycles. The van der Waals surface area contributed by atoms with Crippen molar-refractivity contribution in [2.24, 2.45) is 0 Å². The molecule has 5 aromatic carbocycles. The van der Waals surface area contributed by atoms with Gasteiger partial charge in [0.1, 0.15) is 0 Å². The van der Waals surface area contributed by atoms with Crippen LogP contribution in [0.5, 0.6) is 0 Å². The number of rotatable bonds is 1. The zero-order valence-electron chi connectivity index (χ0n) is 13.4. The lowest BCUT2D eigenvalue weighted by molar-refractivity contribution is 0.877. The van der Waals surface area contributed by atoms with Gasteiger partial charge in [-0.3, -0.25) is 0 Å². The van der Waals surface area contributed by atoms with Gasteiger partial charge in [0.15, 0.2) is 0 Å². The Bertz CT molecular complexity index is 1170. The Morgan fingerprint density at radius 1 is 0.522 bits per heavy atom. The molecule has 0 heteroatoms. The van der Waals surface area contributed by atoms with E-state index in [9.17, 15) is 0 Å². The molecule has 0 aliphatic rings. The SMILES string of the molecule is CC(C)c1ccc2cccc3c4cccc5cccc(c1c23)c54. The van der Waals surface area contributed by atoms with Crippen LogP contribution in [0.3, 0.4) is 0 Å².